The van der Waals surface area contributed by atoms with Crippen LogP contribution < -0.4 is 10.0 Å². The Morgan fingerprint density at radius 1 is 1.07 bits per heavy atom. The molecule has 0 saturated carbocycles. The number of nitrogens with one attached hydrogen (secondary N) is 2. The minimum absolute atomic E-state index is 0.0553. The van der Waals surface area contributed by atoms with Gasteiger partial charge in [-0.25, -0.2) is 12.8 Å². The van der Waals surface area contributed by atoms with Gasteiger partial charge in [0.25, 0.3) is 0 Å². The average Bonchev–Trinajstić information content (AvgIpc) is 2.71. The highest BCUT2D eigenvalue weighted by molar-refractivity contribution is 7.89. The molecule has 0 radical (unpaired) electrons. The van der Waals surface area contributed by atoms with Crippen LogP contribution in [0.4, 0.5) is 4.39 Å². The molecule has 2 amide bonds. The van der Waals surface area contributed by atoms with E-state index in [0.717, 1.165) is 5.56 Å². The zero-order valence-corrected chi connectivity index (χ0v) is 17.1. The Hall–Kier alpha value is -2.78. The first-order valence-corrected chi connectivity index (χ1v) is 10.6. The van der Waals surface area contributed by atoms with E-state index in [1.54, 1.807) is 37.3 Å². The minimum Gasteiger partial charge on any atom is -0.350 e. The Morgan fingerprint density at radius 3 is 2.28 bits per heavy atom. The summed E-state index contributed by atoms with van der Waals surface area (Å²) in [5, 5.41) is 2.66. The highest BCUT2D eigenvalue weighted by Gasteiger charge is 2.26. The van der Waals surface area contributed by atoms with Gasteiger partial charge in [0.2, 0.25) is 21.8 Å². The van der Waals surface area contributed by atoms with Gasteiger partial charge < -0.3 is 10.2 Å². The van der Waals surface area contributed by atoms with Crippen LogP contribution in [0.25, 0.3) is 0 Å². The maximum Gasteiger partial charge on any atom is 0.241 e. The molecule has 0 bridgehead atoms. The second-order valence-electron chi connectivity index (χ2n) is 6.41. The smallest absolute Gasteiger partial charge is 0.241 e. The number of carbonyl (C=O) groups excluding carboxylic acids is 2. The number of rotatable bonds is 9. The van der Waals surface area contributed by atoms with Gasteiger partial charge in [-0.3, -0.25) is 9.59 Å². The van der Waals surface area contributed by atoms with Crippen molar-refractivity contribution in [3.05, 3.63) is 66.0 Å². The molecule has 0 saturated heterocycles. The lowest BCUT2D eigenvalue weighted by Crippen LogP contribution is -2.49. The van der Waals surface area contributed by atoms with Crippen LogP contribution in [-0.2, 0) is 26.2 Å². The van der Waals surface area contributed by atoms with E-state index in [1.165, 1.54) is 36.1 Å². The van der Waals surface area contributed by atoms with Gasteiger partial charge >= 0.3 is 0 Å². The Morgan fingerprint density at radius 2 is 1.69 bits per heavy atom. The zero-order chi connectivity index (χ0) is 21.4. The van der Waals surface area contributed by atoms with Crippen molar-refractivity contribution in [2.45, 2.75) is 31.3 Å². The van der Waals surface area contributed by atoms with E-state index >= 15 is 0 Å². The molecule has 0 aliphatic heterocycles. The summed E-state index contributed by atoms with van der Waals surface area (Å²) in [6.45, 7) is 3.35. The summed E-state index contributed by atoms with van der Waals surface area (Å²) >= 11 is 0. The van der Waals surface area contributed by atoms with Crippen molar-refractivity contribution in [1.82, 2.24) is 14.9 Å². The second kappa shape index (κ2) is 10.1. The Balaban J connectivity index is 1.92. The number of hydrogen-bond acceptors (Lipinski definition) is 4. The van der Waals surface area contributed by atoms with Gasteiger partial charge in [-0.15, -0.1) is 0 Å². The third-order valence-electron chi connectivity index (χ3n) is 4.19. The summed E-state index contributed by atoms with van der Waals surface area (Å²) in [7, 11) is -3.85. The zero-order valence-electron chi connectivity index (χ0n) is 16.3. The number of sulfonamides is 1. The number of nitrogens with zero attached hydrogens (tertiary/aromatic N) is 1. The minimum atomic E-state index is -3.85. The first-order valence-electron chi connectivity index (χ1n) is 9.10. The summed E-state index contributed by atoms with van der Waals surface area (Å²) in [5.41, 5.74) is 0.720. The first-order chi connectivity index (χ1) is 13.7. The van der Waals surface area contributed by atoms with Crippen molar-refractivity contribution >= 4 is 21.8 Å². The average molecular weight is 421 g/mol. The largest absolute Gasteiger partial charge is 0.350 e. The van der Waals surface area contributed by atoms with Gasteiger partial charge in [-0.05, 0) is 43.7 Å². The molecule has 0 aliphatic rings. The predicted molar refractivity (Wildman–Crippen MR) is 107 cm³/mol. The lowest BCUT2D eigenvalue weighted by atomic mass is 10.2. The highest BCUT2D eigenvalue weighted by atomic mass is 32.2. The molecular formula is C20H24FN3O4S. The van der Waals surface area contributed by atoms with Crippen LogP contribution in [0.2, 0.25) is 0 Å². The van der Waals surface area contributed by atoms with Gasteiger partial charge in [0, 0.05) is 13.1 Å². The summed E-state index contributed by atoms with van der Waals surface area (Å²) < 4.78 is 40.0. The lowest BCUT2D eigenvalue weighted by Gasteiger charge is -2.24. The SMILES string of the molecule is CCN(CC(=O)NCc1ccc(F)cc1)C(=O)[C@H](C)NS(=O)(=O)c1ccccc1. The quantitative estimate of drug-likeness (QED) is 0.644. The van der Waals surface area contributed by atoms with Crippen molar-refractivity contribution in [1.29, 1.82) is 0 Å². The number of hydrogen-bond donors (Lipinski definition) is 2. The van der Waals surface area contributed by atoms with E-state index in [1.807, 2.05) is 0 Å². The van der Waals surface area contributed by atoms with Crippen LogP contribution >= 0.6 is 0 Å². The molecular weight excluding hydrogens is 397 g/mol. The number of amides is 2. The van der Waals surface area contributed by atoms with E-state index in [9.17, 15) is 22.4 Å². The van der Waals surface area contributed by atoms with Gasteiger partial charge in [0.1, 0.15) is 5.82 Å². The standard InChI is InChI=1S/C20H24FN3O4S/c1-3-24(14-19(25)22-13-16-9-11-17(21)12-10-16)20(26)15(2)23-29(27,28)18-7-5-4-6-8-18/h4-12,15,23H,3,13-14H2,1-2H3,(H,22,25)/t15-/m0/s1. The van der Waals surface area contributed by atoms with Crippen molar-refractivity contribution in [3.63, 3.8) is 0 Å². The van der Waals surface area contributed by atoms with Crippen LogP contribution in [-0.4, -0.2) is 44.3 Å². The molecule has 0 aliphatic carbocycles. The van der Waals surface area contributed by atoms with Crippen molar-refractivity contribution in [2.24, 2.45) is 0 Å². The monoisotopic (exact) mass is 421 g/mol. The van der Waals surface area contributed by atoms with E-state index in [2.05, 4.69) is 10.0 Å². The van der Waals surface area contributed by atoms with E-state index < -0.39 is 27.9 Å². The Bertz CT molecular complexity index is 934. The number of benzene rings is 2. The van der Waals surface area contributed by atoms with E-state index in [0.29, 0.717) is 0 Å². The van der Waals surface area contributed by atoms with Crippen LogP contribution in [0, 0.1) is 5.82 Å². The molecule has 0 unspecified atom stereocenters. The molecule has 7 nitrogen and oxygen atoms in total. The lowest BCUT2D eigenvalue weighted by molar-refractivity contribution is -0.136. The molecule has 0 aromatic heterocycles. The van der Waals surface area contributed by atoms with Crippen LogP contribution in [0.5, 0.6) is 0 Å². The molecule has 9 heteroatoms. The van der Waals surface area contributed by atoms with E-state index in [-0.39, 0.29) is 30.3 Å². The van der Waals surface area contributed by atoms with E-state index in [4.69, 9.17) is 0 Å². The Kier molecular flexibility index (Phi) is 7.86. The molecule has 29 heavy (non-hydrogen) atoms. The fourth-order valence-corrected chi connectivity index (χ4v) is 3.82. The summed E-state index contributed by atoms with van der Waals surface area (Å²) in [6.07, 6.45) is 0. The van der Waals surface area contributed by atoms with Gasteiger partial charge in [-0.2, -0.15) is 4.72 Å². The first kappa shape index (κ1) is 22.5. The molecule has 0 heterocycles. The van der Waals surface area contributed by atoms with Gasteiger partial charge in [-0.1, -0.05) is 30.3 Å². The fraction of sp³-hybridized carbons (Fsp3) is 0.300. The third-order valence-corrected chi connectivity index (χ3v) is 5.74. The van der Waals surface area contributed by atoms with Crippen LogP contribution in [0.15, 0.2) is 59.5 Å². The van der Waals surface area contributed by atoms with Crippen LogP contribution in [0.3, 0.4) is 0 Å². The molecule has 156 valence electrons. The van der Waals surface area contributed by atoms with Crippen molar-refractivity contribution < 1.29 is 22.4 Å². The molecule has 0 spiro atoms. The second-order valence-corrected chi connectivity index (χ2v) is 8.13. The molecule has 2 aromatic rings. The molecule has 2 rings (SSSR count). The van der Waals surface area contributed by atoms with Crippen LogP contribution in [0.1, 0.15) is 19.4 Å². The normalized spacial score (nSPS) is 12.2. The van der Waals surface area contributed by atoms with Gasteiger partial charge in [0.15, 0.2) is 0 Å². The van der Waals surface area contributed by atoms with Crippen molar-refractivity contribution in [2.75, 3.05) is 13.1 Å². The molecule has 2 aromatic carbocycles. The third kappa shape index (κ3) is 6.65. The summed E-state index contributed by atoms with van der Waals surface area (Å²) in [5.74, 6) is -1.28. The van der Waals surface area contributed by atoms with Gasteiger partial charge in [0.05, 0.1) is 17.5 Å². The number of halogens is 1. The number of carbonyl (C=O) groups is 2. The maximum absolute atomic E-state index is 12.9. The summed E-state index contributed by atoms with van der Waals surface area (Å²) in [4.78, 5) is 26.1. The van der Waals surface area contributed by atoms with Crippen molar-refractivity contribution in [3.8, 4) is 0 Å². The summed E-state index contributed by atoms with van der Waals surface area (Å²) in [6, 6.07) is 12.4. The molecule has 1 atom stereocenters. The Labute approximate surface area is 170 Å². The fourth-order valence-electron chi connectivity index (χ4n) is 2.60. The topological polar surface area (TPSA) is 95.6 Å². The highest BCUT2D eigenvalue weighted by Crippen LogP contribution is 2.09. The molecule has 0 fully saturated rings. The maximum atomic E-state index is 12.9. The number of likely N-dealkylation sites (N-methyl/N-ethyl adjacent to an activating group) is 1. The molecule has 2 N–H and O–H groups in total. The predicted octanol–water partition coefficient (Wildman–Crippen LogP) is 1.66.